The molecule has 0 aromatic carbocycles. The van der Waals surface area contributed by atoms with Crippen molar-refractivity contribution >= 4 is 17.2 Å². The highest BCUT2D eigenvalue weighted by atomic mass is 32.1. The highest BCUT2D eigenvalue weighted by Crippen LogP contribution is 2.35. The molecule has 0 radical (unpaired) electrons. The molecule has 6 heteroatoms. The number of aryl methyl sites for hydroxylation is 1. The van der Waals surface area contributed by atoms with Crippen LogP contribution in [0.4, 0.5) is 0 Å². The van der Waals surface area contributed by atoms with Crippen LogP contribution in [-0.2, 0) is 17.6 Å². The van der Waals surface area contributed by atoms with Gasteiger partial charge in [0, 0.05) is 30.2 Å². The Balaban J connectivity index is 1.63. The van der Waals surface area contributed by atoms with E-state index in [2.05, 4.69) is 28.5 Å². The van der Waals surface area contributed by atoms with E-state index in [-0.39, 0.29) is 17.9 Å². The predicted molar refractivity (Wildman–Crippen MR) is 89.5 cm³/mol. The van der Waals surface area contributed by atoms with Gasteiger partial charge < -0.3 is 9.42 Å². The summed E-state index contributed by atoms with van der Waals surface area (Å²) < 4.78 is 5.23. The molecule has 5 nitrogen and oxygen atoms in total. The number of hydrogen-bond acceptors (Lipinski definition) is 5. The average molecular weight is 333 g/mol. The summed E-state index contributed by atoms with van der Waals surface area (Å²) in [5.41, 5.74) is 1.33. The molecule has 23 heavy (non-hydrogen) atoms. The smallest absolute Gasteiger partial charge is 0.227 e. The van der Waals surface area contributed by atoms with Crippen LogP contribution in [0.5, 0.6) is 0 Å². The highest BCUT2D eigenvalue weighted by Gasteiger charge is 2.30. The first-order valence-corrected chi connectivity index (χ1v) is 9.16. The Hall–Kier alpha value is -1.69. The summed E-state index contributed by atoms with van der Waals surface area (Å²) in [5, 5.41) is 6.08. The van der Waals surface area contributed by atoms with Crippen molar-refractivity contribution in [3.05, 3.63) is 33.6 Å². The number of carbonyl (C=O) groups excluding carboxylic acids is 1. The van der Waals surface area contributed by atoms with E-state index in [1.54, 1.807) is 11.3 Å². The maximum atomic E-state index is 12.7. The summed E-state index contributed by atoms with van der Waals surface area (Å²) in [6.07, 6.45) is 2.86. The Labute approximate surface area is 140 Å². The fourth-order valence-corrected chi connectivity index (χ4v) is 4.02. The summed E-state index contributed by atoms with van der Waals surface area (Å²) in [6, 6.07) is 2.38. The van der Waals surface area contributed by atoms with E-state index in [4.69, 9.17) is 4.52 Å². The molecule has 0 saturated heterocycles. The van der Waals surface area contributed by atoms with E-state index in [0.717, 1.165) is 19.4 Å². The Morgan fingerprint density at radius 1 is 1.52 bits per heavy atom. The van der Waals surface area contributed by atoms with Gasteiger partial charge in [-0.05, 0) is 29.9 Å². The minimum Gasteiger partial charge on any atom is -0.339 e. The summed E-state index contributed by atoms with van der Waals surface area (Å²) in [6.45, 7) is 7.01. The van der Waals surface area contributed by atoms with Gasteiger partial charge in [-0.2, -0.15) is 4.98 Å². The van der Waals surface area contributed by atoms with Crippen LogP contribution >= 0.6 is 11.3 Å². The number of hydrogen-bond donors (Lipinski definition) is 0. The Kier molecular flexibility index (Phi) is 4.80. The van der Waals surface area contributed by atoms with E-state index in [1.807, 2.05) is 18.7 Å². The molecule has 0 N–H and O–H groups in total. The number of nitrogens with zero attached hydrogens (tertiary/aromatic N) is 3. The summed E-state index contributed by atoms with van der Waals surface area (Å²) >= 11 is 1.80. The molecule has 0 fully saturated rings. The molecule has 0 aliphatic carbocycles. The molecule has 124 valence electrons. The van der Waals surface area contributed by atoms with Crippen molar-refractivity contribution in [1.82, 2.24) is 15.0 Å². The topological polar surface area (TPSA) is 59.2 Å². The van der Waals surface area contributed by atoms with Crippen molar-refractivity contribution in [1.29, 1.82) is 0 Å². The number of thiophene rings is 1. The lowest BCUT2D eigenvalue weighted by Gasteiger charge is -2.35. The molecule has 0 unspecified atom stereocenters. The molecule has 2 aromatic heterocycles. The number of rotatable bonds is 5. The molecule has 2 aromatic rings. The van der Waals surface area contributed by atoms with Crippen molar-refractivity contribution in [2.75, 3.05) is 6.54 Å². The first kappa shape index (κ1) is 16.2. The lowest BCUT2D eigenvalue weighted by molar-refractivity contribution is -0.134. The van der Waals surface area contributed by atoms with Gasteiger partial charge in [0.2, 0.25) is 11.8 Å². The van der Waals surface area contributed by atoms with Crippen molar-refractivity contribution in [2.24, 2.45) is 0 Å². The van der Waals surface area contributed by atoms with E-state index < -0.39 is 0 Å². The average Bonchev–Trinajstić information content (AvgIpc) is 3.20. The third-order valence-electron chi connectivity index (χ3n) is 4.35. The van der Waals surface area contributed by atoms with Gasteiger partial charge in [0.15, 0.2) is 5.82 Å². The van der Waals surface area contributed by atoms with Crippen LogP contribution in [0.25, 0.3) is 0 Å². The van der Waals surface area contributed by atoms with Crippen molar-refractivity contribution in [3.8, 4) is 0 Å². The third kappa shape index (κ3) is 3.32. The van der Waals surface area contributed by atoms with Crippen LogP contribution in [0.15, 0.2) is 16.0 Å². The second-order valence-corrected chi connectivity index (χ2v) is 7.26. The van der Waals surface area contributed by atoms with Gasteiger partial charge in [0.1, 0.15) is 0 Å². The minimum atomic E-state index is 0.179. The molecule has 0 saturated carbocycles. The molecule has 0 bridgehead atoms. The Morgan fingerprint density at radius 3 is 3.04 bits per heavy atom. The fourth-order valence-electron chi connectivity index (χ4n) is 3.10. The molecule has 0 spiro atoms. The molecular formula is C17H23N3O2S. The fraction of sp³-hybridized carbons (Fsp3) is 0.588. The second kappa shape index (κ2) is 6.83. The van der Waals surface area contributed by atoms with Gasteiger partial charge in [-0.1, -0.05) is 25.9 Å². The van der Waals surface area contributed by atoms with E-state index >= 15 is 0 Å². The van der Waals surface area contributed by atoms with Gasteiger partial charge >= 0.3 is 0 Å². The van der Waals surface area contributed by atoms with E-state index in [0.29, 0.717) is 24.6 Å². The second-order valence-electron chi connectivity index (χ2n) is 6.26. The number of amides is 1. The lowest BCUT2D eigenvalue weighted by atomic mass is 9.97. The standard InChI is InChI=1S/C17H23N3O2S/c1-4-13-12-8-10-23-14(12)7-9-20(13)16(21)6-5-15-18-17(11(2)3)19-22-15/h8,10-11,13H,4-7,9H2,1-3H3/t13-/m1/s1. The number of fused-ring (bicyclic) bond motifs is 1. The monoisotopic (exact) mass is 333 g/mol. The zero-order valence-corrected chi connectivity index (χ0v) is 14.7. The molecule has 1 amide bonds. The first-order chi connectivity index (χ1) is 11.1. The maximum absolute atomic E-state index is 12.7. The van der Waals surface area contributed by atoms with E-state index in [1.165, 1.54) is 10.4 Å². The van der Waals surface area contributed by atoms with E-state index in [9.17, 15) is 4.79 Å². The number of aromatic nitrogens is 2. The molecule has 3 heterocycles. The van der Waals surface area contributed by atoms with Gasteiger partial charge in [-0.15, -0.1) is 11.3 Å². The maximum Gasteiger partial charge on any atom is 0.227 e. The van der Waals surface area contributed by atoms with Crippen molar-refractivity contribution < 1.29 is 9.32 Å². The van der Waals surface area contributed by atoms with Crippen molar-refractivity contribution in [2.45, 2.75) is 58.4 Å². The summed E-state index contributed by atoms with van der Waals surface area (Å²) in [7, 11) is 0. The van der Waals surface area contributed by atoms with Crippen molar-refractivity contribution in [3.63, 3.8) is 0 Å². The summed E-state index contributed by atoms with van der Waals surface area (Å²) in [5.74, 6) is 1.69. The Bertz CT molecular complexity index is 677. The Morgan fingerprint density at radius 2 is 2.35 bits per heavy atom. The molecule has 3 rings (SSSR count). The van der Waals surface area contributed by atoms with Crippen LogP contribution < -0.4 is 0 Å². The third-order valence-corrected chi connectivity index (χ3v) is 5.35. The summed E-state index contributed by atoms with van der Waals surface area (Å²) in [4.78, 5) is 20.5. The normalized spacial score (nSPS) is 17.6. The van der Waals surface area contributed by atoms with Gasteiger partial charge in [0.05, 0.1) is 6.04 Å². The zero-order chi connectivity index (χ0) is 16.4. The SMILES string of the molecule is CC[C@@H]1c2ccsc2CCN1C(=O)CCc1nc(C(C)C)no1. The van der Waals surface area contributed by atoms with Crippen LogP contribution in [0.3, 0.4) is 0 Å². The highest BCUT2D eigenvalue weighted by molar-refractivity contribution is 7.10. The largest absolute Gasteiger partial charge is 0.339 e. The first-order valence-electron chi connectivity index (χ1n) is 8.28. The van der Waals surface area contributed by atoms with Crippen LogP contribution in [0.1, 0.15) is 67.7 Å². The van der Waals surface area contributed by atoms with Crippen LogP contribution in [0.2, 0.25) is 0 Å². The molecular weight excluding hydrogens is 310 g/mol. The van der Waals surface area contributed by atoms with Crippen LogP contribution in [-0.4, -0.2) is 27.5 Å². The minimum absolute atomic E-state index is 0.179. The quantitative estimate of drug-likeness (QED) is 0.836. The lowest BCUT2D eigenvalue weighted by Crippen LogP contribution is -2.39. The van der Waals surface area contributed by atoms with Gasteiger partial charge in [0.25, 0.3) is 0 Å². The molecule has 1 aliphatic rings. The number of carbonyl (C=O) groups is 1. The van der Waals surface area contributed by atoms with Gasteiger partial charge in [-0.25, -0.2) is 0 Å². The zero-order valence-electron chi connectivity index (χ0n) is 13.9. The van der Waals surface area contributed by atoms with Crippen LogP contribution in [0, 0.1) is 0 Å². The molecule has 1 atom stereocenters. The molecule has 1 aliphatic heterocycles. The predicted octanol–water partition coefficient (Wildman–Crippen LogP) is 3.72. The van der Waals surface area contributed by atoms with Gasteiger partial charge in [-0.3, -0.25) is 4.79 Å².